The summed E-state index contributed by atoms with van der Waals surface area (Å²) in [5, 5.41) is 6.53. The van der Waals surface area contributed by atoms with Crippen LogP contribution >= 0.6 is 23.4 Å². The number of benzene rings is 2. The summed E-state index contributed by atoms with van der Waals surface area (Å²) in [6.07, 6.45) is 6.22. The summed E-state index contributed by atoms with van der Waals surface area (Å²) in [6, 6.07) is 10.8. The number of rotatable bonds is 8. The number of ether oxygens (including phenoxy) is 1. The lowest BCUT2D eigenvalue weighted by Crippen LogP contribution is -2.31. The predicted molar refractivity (Wildman–Crippen MR) is 127 cm³/mol. The Morgan fingerprint density at radius 2 is 1.90 bits per heavy atom. The number of thioether (sulfide) groups is 1. The maximum atomic E-state index is 13.0. The van der Waals surface area contributed by atoms with Crippen molar-refractivity contribution in [2.45, 2.75) is 43.9 Å². The minimum absolute atomic E-state index is 0.000722. The number of carbonyl (C=O) groups is 2. The van der Waals surface area contributed by atoms with Gasteiger partial charge in [0.15, 0.2) is 0 Å². The van der Waals surface area contributed by atoms with E-state index in [1.165, 1.54) is 51.0 Å². The van der Waals surface area contributed by atoms with Crippen LogP contribution in [0.15, 0.2) is 41.3 Å². The molecule has 2 amide bonds. The number of halogens is 1. The van der Waals surface area contributed by atoms with Gasteiger partial charge in [0.05, 0.1) is 24.1 Å². The van der Waals surface area contributed by atoms with E-state index in [1.54, 1.807) is 18.2 Å². The van der Waals surface area contributed by atoms with Crippen molar-refractivity contribution >= 4 is 40.9 Å². The van der Waals surface area contributed by atoms with Crippen LogP contribution in [0.25, 0.3) is 0 Å². The van der Waals surface area contributed by atoms with Crippen LogP contribution in [0.2, 0.25) is 5.02 Å². The van der Waals surface area contributed by atoms with E-state index in [0.29, 0.717) is 27.9 Å². The molecule has 0 heterocycles. The Bertz CT molecular complexity index is 929. The molecule has 166 valence electrons. The van der Waals surface area contributed by atoms with Crippen LogP contribution < -0.4 is 15.4 Å². The minimum Gasteiger partial charge on any atom is -0.495 e. The molecular weight excluding hydrogens is 432 g/mol. The Morgan fingerprint density at radius 1 is 1.16 bits per heavy atom. The first-order valence-electron chi connectivity index (χ1n) is 10.6. The van der Waals surface area contributed by atoms with Crippen molar-refractivity contribution in [2.24, 2.45) is 5.92 Å². The molecule has 5 nitrogen and oxygen atoms in total. The Morgan fingerprint density at radius 3 is 2.65 bits per heavy atom. The largest absolute Gasteiger partial charge is 0.495 e. The second-order valence-electron chi connectivity index (χ2n) is 7.85. The molecule has 2 aromatic carbocycles. The van der Waals surface area contributed by atoms with Crippen molar-refractivity contribution in [2.75, 3.05) is 24.7 Å². The van der Waals surface area contributed by atoms with Crippen LogP contribution in [0.5, 0.6) is 5.75 Å². The average molecular weight is 461 g/mol. The number of hydrogen-bond acceptors (Lipinski definition) is 4. The lowest BCUT2D eigenvalue weighted by molar-refractivity contribution is -0.118. The molecule has 0 aromatic heterocycles. The number of nitrogens with one attached hydrogen (secondary N) is 2. The second kappa shape index (κ2) is 11.4. The first-order valence-corrected chi connectivity index (χ1v) is 12.0. The van der Waals surface area contributed by atoms with Crippen molar-refractivity contribution in [3.63, 3.8) is 0 Å². The molecule has 0 radical (unpaired) electrons. The van der Waals surface area contributed by atoms with Gasteiger partial charge in [-0.05, 0) is 49.4 Å². The number of amides is 2. The zero-order chi connectivity index (χ0) is 22.2. The van der Waals surface area contributed by atoms with Crippen LogP contribution in [-0.4, -0.2) is 31.2 Å². The second-order valence-corrected chi connectivity index (χ2v) is 9.27. The third-order valence-electron chi connectivity index (χ3n) is 5.53. The summed E-state index contributed by atoms with van der Waals surface area (Å²) in [6.45, 7) is 2.62. The summed E-state index contributed by atoms with van der Waals surface area (Å²) in [5.41, 5.74) is 1.91. The standard InChI is InChI=1S/C24H29ClN2O3S/c1-16-12-20(21(30-2)13-19(16)25)27-24(29)18-10-6-7-11-22(18)31-15-23(28)26-14-17-8-4-3-5-9-17/h6-7,10-13,17H,3-5,8-9,14-15H2,1-2H3,(H,26,28)(H,27,29). The van der Waals surface area contributed by atoms with Crippen LogP contribution in [0, 0.1) is 12.8 Å². The third kappa shape index (κ3) is 6.65. The highest BCUT2D eigenvalue weighted by atomic mass is 35.5. The fourth-order valence-electron chi connectivity index (χ4n) is 3.74. The predicted octanol–water partition coefficient (Wildman–Crippen LogP) is 5.70. The summed E-state index contributed by atoms with van der Waals surface area (Å²) >= 11 is 7.53. The van der Waals surface area contributed by atoms with E-state index < -0.39 is 0 Å². The Balaban J connectivity index is 1.61. The monoisotopic (exact) mass is 460 g/mol. The molecule has 1 fully saturated rings. The van der Waals surface area contributed by atoms with Gasteiger partial charge in [-0.2, -0.15) is 0 Å². The maximum Gasteiger partial charge on any atom is 0.256 e. The first-order chi connectivity index (χ1) is 15.0. The molecule has 3 rings (SSSR count). The van der Waals surface area contributed by atoms with Crippen molar-refractivity contribution in [1.82, 2.24) is 5.32 Å². The number of anilines is 1. The van der Waals surface area contributed by atoms with Crippen molar-refractivity contribution in [3.8, 4) is 5.75 Å². The zero-order valence-electron chi connectivity index (χ0n) is 18.0. The molecule has 2 aromatic rings. The van der Waals surface area contributed by atoms with Crippen molar-refractivity contribution in [3.05, 3.63) is 52.5 Å². The topological polar surface area (TPSA) is 67.4 Å². The molecule has 1 aliphatic carbocycles. The number of hydrogen-bond donors (Lipinski definition) is 2. The molecule has 0 unspecified atom stereocenters. The van der Waals surface area contributed by atoms with Gasteiger partial charge in [0.25, 0.3) is 5.91 Å². The Kier molecular flexibility index (Phi) is 8.67. The molecule has 2 N–H and O–H groups in total. The minimum atomic E-state index is -0.259. The van der Waals surface area contributed by atoms with Gasteiger partial charge >= 0.3 is 0 Å². The molecule has 0 aliphatic heterocycles. The summed E-state index contributed by atoms with van der Waals surface area (Å²) in [4.78, 5) is 26.0. The fourth-order valence-corrected chi connectivity index (χ4v) is 4.78. The lowest BCUT2D eigenvalue weighted by atomic mass is 9.89. The maximum absolute atomic E-state index is 13.0. The average Bonchev–Trinajstić information content (AvgIpc) is 2.79. The molecule has 0 bridgehead atoms. The number of carbonyl (C=O) groups excluding carboxylic acids is 2. The van der Waals surface area contributed by atoms with Gasteiger partial charge in [-0.3, -0.25) is 9.59 Å². The lowest BCUT2D eigenvalue weighted by Gasteiger charge is -2.21. The number of methoxy groups -OCH3 is 1. The van der Waals surface area contributed by atoms with Crippen molar-refractivity contribution in [1.29, 1.82) is 0 Å². The van der Waals surface area contributed by atoms with Gasteiger partial charge in [0, 0.05) is 22.5 Å². The third-order valence-corrected chi connectivity index (χ3v) is 7.01. The molecule has 0 atom stereocenters. The molecule has 7 heteroatoms. The highest BCUT2D eigenvalue weighted by molar-refractivity contribution is 8.00. The van der Waals surface area contributed by atoms with E-state index in [-0.39, 0.29) is 17.6 Å². The van der Waals surface area contributed by atoms with E-state index in [4.69, 9.17) is 16.3 Å². The molecule has 31 heavy (non-hydrogen) atoms. The Labute approximate surface area is 193 Å². The molecule has 0 saturated heterocycles. The van der Waals surface area contributed by atoms with Crippen LogP contribution in [0.3, 0.4) is 0 Å². The molecule has 0 spiro atoms. The van der Waals surface area contributed by atoms with Crippen LogP contribution in [0.4, 0.5) is 5.69 Å². The van der Waals surface area contributed by atoms with E-state index >= 15 is 0 Å². The van der Waals surface area contributed by atoms with Crippen LogP contribution in [-0.2, 0) is 4.79 Å². The van der Waals surface area contributed by atoms with Gasteiger partial charge in [-0.25, -0.2) is 0 Å². The zero-order valence-corrected chi connectivity index (χ0v) is 19.6. The molecular formula is C24H29ClN2O3S. The van der Waals surface area contributed by atoms with Crippen LogP contribution in [0.1, 0.15) is 48.0 Å². The Hall–Kier alpha value is -2.18. The van der Waals surface area contributed by atoms with Crippen molar-refractivity contribution < 1.29 is 14.3 Å². The smallest absolute Gasteiger partial charge is 0.256 e. The summed E-state index contributed by atoms with van der Waals surface area (Å²) in [7, 11) is 1.53. The van der Waals surface area contributed by atoms with Gasteiger partial charge in [0.2, 0.25) is 5.91 Å². The summed E-state index contributed by atoms with van der Waals surface area (Å²) < 4.78 is 5.35. The van der Waals surface area contributed by atoms with E-state index in [0.717, 1.165) is 17.0 Å². The normalized spacial score (nSPS) is 14.2. The molecule has 1 aliphatic rings. The van der Waals surface area contributed by atoms with Gasteiger partial charge < -0.3 is 15.4 Å². The summed E-state index contributed by atoms with van der Waals surface area (Å²) in [5.74, 6) is 1.11. The van der Waals surface area contributed by atoms with Gasteiger partial charge in [-0.15, -0.1) is 11.8 Å². The first kappa shape index (κ1) is 23.5. The van der Waals surface area contributed by atoms with E-state index in [1.807, 2.05) is 25.1 Å². The number of aryl methyl sites for hydroxylation is 1. The highest BCUT2D eigenvalue weighted by Gasteiger charge is 2.17. The fraction of sp³-hybridized carbons (Fsp3) is 0.417. The SMILES string of the molecule is COc1cc(Cl)c(C)cc1NC(=O)c1ccccc1SCC(=O)NCC1CCCCC1. The highest BCUT2D eigenvalue weighted by Crippen LogP contribution is 2.32. The van der Waals surface area contributed by atoms with E-state index in [9.17, 15) is 9.59 Å². The van der Waals surface area contributed by atoms with E-state index in [2.05, 4.69) is 10.6 Å². The van der Waals surface area contributed by atoms with Gasteiger partial charge in [-0.1, -0.05) is 43.0 Å². The quantitative estimate of drug-likeness (QED) is 0.496. The van der Waals surface area contributed by atoms with Gasteiger partial charge in [0.1, 0.15) is 5.75 Å². The molecule has 1 saturated carbocycles.